The molecule has 7 heteroatoms. The van der Waals surface area contributed by atoms with E-state index in [0.29, 0.717) is 11.4 Å². The molecule has 0 unspecified atom stereocenters. The molecule has 0 aromatic heterocycles. The molecule has 1 fully saturated rings. The van der Waals surface area contributed by atoms with Crippen LogP contribution in [-0.4, -0.2) is 53.5 Å². The van der Waals surface area contributed by atoms with Crippen LogP contribution in [0, 0.1) is 0 Å². The molecule has 29 heavy (non-hydrogen) atoms. The van der Waals surface area contributed by atoms with Crippen molar-refractivity contribution in [2.24, 2.45) is 0 Å². The summed E-state index contributed by atoms with van der Waals surface area (Å²) in [4.78, 5) is 40.2. The van der Waals surface area contributed by atoms with Crippen LogP contribution in [0.25, 0.3) is 6.08 Å². The van der Waals surface area contributed by atoms with E-state index in [1.807, 2.05) is 72.6 Å². The van der Waals surface area contributed by atoms with Gasteiger partial charge in [-0.15, -0.1) is 0 Å². The molecular formula is C22H23N3O3S. The molecular weight excluding hydrogens is 386 g/mol. The molecule has 0 saturated carbocycles. The molecule has 1 N–H and O–H groups in total. The van der Waals surface area contributed by atoms with Crippen LogP contribution in [0.1, 0.15) is 11.1 Å². The average molecular weight is 410 g/mol. The van der Waals surface area contributed by atoms with Crippen molar-refractivity contribution in [1.29, 1.82) is 0 Å². The summed E-state index contributed by atoms with van der Waals surface area (Å²) < 4.78 is 0. The van der Waals surface area contributed by atoms with E-state index in [-0.39, 0.29) is 36.7 Å². The lowest BCUT2D eigenvalue weighted by Gasteiger charge is -2.17. The first-order valence-corrected chi connectivity index (χ1v) is 10.1. The van der Waals surface area contributed by atoms with Gasteiger partial charge in [-0.05, 0) is 36.0 Å². The largest absolute Gasteiger partial charge is 0.353 e. The smallest absolute Gasteiger partial charge is 0.293 e. The second kappa shape index (κ2) is 10.0. The van der Waals surface area contributed by atoms with Crippen molar-refractivity contribution in [3.8, 4) is 0 Å². The fourth-order valence-corrected chi connectivity index (χ4v) is 3.82. The van der Waals surface area contributed by atoms with Gasteiger partial charge in [-0.2, -0.15) is 0 Å². The lowest BCUT2D eigenvalue weighted by molar-refractivity contribution is -0.124. The molecule has 150 valence electrons. The van der Waals surface area contributed by atoms with Crippen molar-refractivity contribution in [2.45, 2.75) is 6.54 Å². The molecule has 3 amide bonds. The molecule has 1 heterocycles. The number of nitrogens with zero attached hydrogens (tertiary/aromatic N) is 2. The quantitative estimate of drug-likeness (QED) is 0.679. The number of benzene rings is 2. The highest BCUT2D eigenvalue weighted by Crippen LogP contribution is 2.31. The Morgan fingerprint density at radius 3 is 2.41 bits per heavy atom. The minimum atomic E-state index is -0.320. The van der Waals surface area contributed by atoms with Crippen LogP contribution >= 0.6 is 11.8 Å². The number of amides is 3. The minimum absolute atomic E-state index is 0.143. The van der Waals surface area contributed by atoms with E-state index in [2.05, 4.69) is 5.32 Å². The zero-order valence-electron chi connectivity index (χ0n) is 16.2. The maximum atomic E-state index is 12.5. The molecule has 1 aliphatic rings. The fraction of sp³-hybridized carbons (Fsp3) is 0.227. The highest BCUT2D eigenvalue weighted by molar-refractivity contribution is 8.18. The molecule has 0 bridgehead atoms. The first kappa shape index (κ1) is 20.8. The zero-order valence-corrected chi connectivity index (χ0v) is 17.0. The van der Waals surface area contributed by atoms with Gasteiger partial charge in [0.05, 0.1) is 11.4 Å². The Morgan fingerprint density at radius 1 is 1.07 bits per heavy atom. The summed E-state index contributed by atoms with van der Waals surface area (Å²) in [7, 11) is 1.87. The Labute approximate surface area is 174 Å². The number of imide groups is 1. The molecule has 0 aliphatic carbocycles. The van der Waals surface area contributed by atoms with Crippen LogP contribution in [0.2, 0.25) is 0 Å². The number of nitrogens with one attached hydrogen (secondary N) is 1. The summed E-state index contributed by atoms with van der Waals surface area (Å²) >= 11 is 0.925. The topological polar surface area (TPSA) is 69.7 Å². The van der Waals surface area contributed by atoms with Gasteiger partial charge < -0.3 is 5.32 Å². The Kier molecular flexibility index (Phi) is 7.21. The third-order valence-corrected chi connectivity index (χ3v) is 5.24. The van der Waals surface area contributed by atoms with Gasteiger partial charge >= 0.3 is 0 Å². The Hall–Kier alpha value is -2.90. The maximum absolute atomic E-state index is 12.5. The number of likely N-dealkylation sites (N-methyl/N-ethyl adjacent to an activating group) is 1. The van der Waals surface area contributed by atoms with Gasteiger partial charge in [0.1, 0.15) is 0 Å². The van der Waals surface area contributed by atoms with Crippen molar-refractivity contribution >= 4 is 34.9 Å². The Balaban J connectivity index is 1.45. The van der Waals surface area contributed by atoms with Crippen molar-refractivity contribution in [1.82, 2.24) is 15.1 Å². The number of thioether (sulfide) groups is 1. The highest BCUT2D eigenvalue weighted by Gasteiger charge is 2.34. The molecule has 2 aromatic carbocycles. The van der Waals surface area contributed by atoms with Crippen molar-refractivity contribution in [3.63, 3.8) is 0 Å². The summed E-state index contributed by atoms with van der Waals surface area (Å²) in [5, 5.41) is 2.46. The monoisotopic (exact) mass is 409 g/mol. The third-order valence-electron chi connectivity index (χ3n) is 4.34. The van der Waals surface area contributed by atoms with Crippen LogP contribution in [-0.2, 0) is 16.1 Å². The summed E-state index contributed by atoms with van der Waals surface area (Å²) in [6.07, 6.45) is 1.71. The van der Waals surface area contributed by atoms with Crippen LogP contribution < -0.4 is 5.32 Å². The van der Waals surface area contributed by atoms with Gasteiger partial charge in [-0.25, -0.2) is 0 Å². The zero-order chi connectivity index (χ0) is 20.6. The first-order valence-electron chi connectivity index (χ1n) is 9.32. The van der Waals surface area contributed by atoms with Gasteiger partial charge in [-0.3, -0.25) is 24.2 Å². The standard InChI is InChI=1S/C22H23N3O3S/c1-24(15-18-10-6-3-7-11-18)16-20(26)23-12-13-25-21(27)19(29-22(25)28)14-17-8-4-2-5-9-17/h2-11,14H,12-13,15-16H2,1H3,(H,23,26)/b19-14+. The van der Waals surface area contributed by atoms with E-state index in [1.165, 1.54) is 4.90 Å². The van der Waals surface area contributed by atoms with Crippen molar-refractivity contribution < 1.29 is 14.4 Å². The van der Waals surface area contributed by atoms with Gasteiger partial charge in [0.2, 0.25) is 5.91 Å². The van der Waals surface area contributed by atoms with Crippen LogP contribution in [0.15, 0.2) is 65.6 Å². The average Bonchev–Trinajstić information content (AvgIpc) is 2.96. The lowest BCUT2D eigenvalue weighted by Crippen LogP contribution is -2.40. The van der Waals surface area contributed by atoms with E-state index < -0.39 is 0 Å². The molecule has 0 radical (unpaired) electrons. The van der Waals surface area contributed by atoms with E-state index in [9.17, 15) is 14.4 Å². The number of carbonyl (C=O) groups excluding carboxylic acids is 3. The van der Waals surface area contributed by atoms with Gasteiger partial charge in [0.15, 0.2) is 0 Å². The molecule has 0 atom stereocenters. The van der Waals surface area contributed by atoms with E-state index >= 15 is 0 Å². The second-order valence-electron chi connectivity index (χ2n) is 6.75. The first-order chi connectivity index (χ1) is 14.0. The maximum Gasteiger partial charge on any atom is 0.293 e. The summed E-state index contributed by atoms with van der Waals surface area (Å²) in [5.74, 6) is -0.463. The molecule has 0 spiro atoms. The summed E-state index contributed by atoms with van der Waals surface area (Å²) in [6.45, 7) is 1.30. The number of rotatable bonds is 8. The molecule has 1 aliphatic heterocycles. The summed E-state index contributed by atoms with van der Waals surface area (Å²) in [6, 6.07) is 19.3. The predicted molar refractivity (Wildman–Crippen MR) is 115 cm³/mol. The van der Waals surface area contributed by atoms with Crippen molar-refractivity contribution in [3.05, 3.63) is 76.7 Å². The lowest BCUT2D eigenvalue weighted by atomic mass is 10.2. The summed E-state index contributed by atoms with van der Waals surface area (Å²) in [5.41, 5.74) is 2.00. The van der Waals surface area contributed by atoms with Crippen LogP contribution in [0.5, 0.6) is 0 Å². The van der Waals surface area contributed by atoms with E-state index in [1.54, 1.807) is 6.08 Å². The van der Waals surface area contributed by atoms with Gasteiger partial charge in [-0.1, -0.05) is 60.7 Å². The normalized spacial score (nSPS) is 15.4. The minimum Gasteiger partial charge on any atom is -0.353 e. The fourth-order valence-electron chi connectivity index (χ4n) is 2.95. The molecule has 6 nitrogen and oxygen atoms in total. The molecule has 2 aromatic rings. The van der Waals surface area contributed by atoms with Gasteiger partial charge in [0.25, 0.3) is 11.1 Å². The van der Waals surface area contributed by atoms with Crippen LogP contribution in [0.4, 0.5) is 4.79 Å². The van der Waals surface area contributed by atoms with E-state index in [4.69, 9.17) is 0 Å². The molecule has 3 rings (SSSR count). The Bertz CT molecular complexity index is 900. The SMILES string of the molecule is CN(CC(=O)NCCN1C(=O)S/C(=C/c2ccccc2)C1=O)Cc1ccccc1. The van der Waals surface area contributed by atoms with Gasteiger partial charge in [0, 0.05) is 19.6 Å². The highest BCUT2D eigenvalue weighted by atomic mass is 32.2. The van der Waals surface area contributed by atoms with Crippen LogP contribution in [0.3, 0.4) is 0 Å². The number of hydrogen-bond donors (Lipinski definition) is 1. The Morgan fingerprint density at radius 2 is 1.72 bits per heavy atom. The molecule has 1 saturated heterocycles. The number of hydrogen-bond acceptors (Lipinski definition) is 5. The van der Waals surface area contributed by atoms with Crippen molar-refractivity contribution in [2.75, 3.05) is 26.7 Å². The predicted octanol–water partition coefficient (Wildman–Crippen LogP) is 2.97. The van der Waals surface area contributed by atoms with E-state index in [0.717, 1.165) is 22.9 Å². The second-order valence-corrected chi connectivity index (χ2v) is 7.75. The number of carbonyl (C=O) groups is 3. The third kappa shape index (κ3) is 6.04.